The van der Waals surface area contributed by atoms with E-state index in [0.29, 0.717) is 29.9 Å². The molecule has 5 heteroatoms. The monoisotopic (exact) mass is 322 g/mol. The van der Waals surface area contributed by atoms with Crippen LogP contribution in [0.1, 0.15) is 44.6 Å². The van der Waals surface area contributed by atoms with Crippen molar-refractivity contribution < 1.29 is 8.42 Å². The maximum Gasteiger partial charge on any atom is 0.243 e. The van der Waals surface area contributed by atoms with Gasteiger partial charge in [-0.25, -0.2) is 8.42 Å². The second-order valence-corrected chi connectivity index (χ2v) is 8.51. The molecule has 0 radical (unpaired) electrons. The van der Waals surface area contributed by atoms with Crippen LogP contribution in [0.15, 0.2) is 29.2 Å². The van der Waals surface area contributed by atoms with Gasteiger partial charge in [0, 0.05) is 25.7 Å². The summed E-state index contributed by atoms with van der Waals surface area (Å²) in [5.74, 6) is 0.471. The SMILES string of the molecule is CC[C@H](C)c1ccc(S(=O)(=O)N2CCN3CCC[C@@H]3C2)cc1. The number of piperazine rings is 1. The molecule has 2 heterocycles. The Bertz CT molecular complexity index is 612. The van der Waals surface area contributed by atoms with Gasteiger partial charge in [0.25, 0.3) is 0 Å². The Kier molecular flexibility index (Phi) is 4.57. The maximum absolute atomic E-state index is 12.8. The molecule has 0 saturated carbocycles. The zero-order chi connectivity index (χ0) is 15.7. The molecule has 2 saturated heterocycles. The fourth-order valence-corrected chi connectivity index (χ4v) is 5.00. The van der Waals surface area contributed by atoms with Crippen molar-refractivity contribution in [3.8, 4) is 0 Å². The Morgan fingerprint density at radius 2 is 1.91 bits per heavy atom. The molecule has 0 N–H and O–H groups in total. The van der Waals surface area contributed by atoms with Gasteiger partial charge >= 0.3 is 0 Å². The Labute approximate surface area is 134 Å². The van der Waals surface area contributed by atoms with Crippen LogP contribution in [0.25, 0.3) is 0 Å². The minimum absolute atomic E-state index is 0.419. The molecular weight excluding hydrogens is 296 g/mol. The highest BCUT2D eigenvalue weighted by molar-refractivity contribution is 7.89. The van der Waals surface area contributed by atoms with Crippen LogP contribution < -0.4 is 0 Å². The predicted molar refractivity (Wildman–Crippen MR) is 88.5 cm³/mol. The maximum atomic E-state index is 12.8. The van der Waals surface area contributed by atoms with Crippen molar-refractivity contribution in [3.63, 3.8) is 0 Å². The van der Waals surface area contributed by atoms with Crippen molar-refractivity contribution >= 4 is 10.0 Å². The number of hydrogen-bond acceptors (Lipinski definition) is 3. The van der Waals surface area contributed by atoms with Gasteiger partial charge in [0.15, 0.2) is 0 Å². The normalized spacial score (nSPS) is 25.1. The van der Waals surface area contributed by atoms with E-state index in [2.05, 4.69) is 18.7 Å². The van der Waals surface area contributed by atoms with Crippen molar-refractivity contribution in [2.75, 3.05) is 26.2 Å². The van der Waals surface area contributed by atoms with E-state index in [1.54, 1.807) is 16.4 Å². The zero-order valence-corrected chi connectivity index (χ0v) is 14.3. The minimum atomic E-state index is -3.34. The molecule has 122 valence electrons. The van der Waals surface area contributed by atoms with Crippen LogP contribution in [0, 0.1) is 0 Å². The summed E-state index contributed by atoms with van der Waals surface area (Å²) in [4.78, 5) is 2.86. The molecule has 0 aliphatic carbocycles. The number of rotatable bonds is 4. The van der Waals surface area contributed by atoms with Gasteiger partial charge < -0.3 is 0 Å². The van der Waals surface area contributed by atoms with Crippen molar-refractivity contribution in [2.45, 2.75) is 50.0 Å². The first kappa shape index (κ1) is 16.0. The first-order valence-electron chi connectivity index (χ1n) is 8.36. The molecule has 4 nitrogen and oxygen atoms in total. The molecule has 0 amide bonds. The first-order chi connectivity index (χ1) is 10.5. The molecule has 0 aromatic heterocycles. The highest BCUT2D eigenvalue weighted by Gasteiger charge is 2.36. The summed E-state index contributed by atoms with van der Waals surface area (Å²) in [5, 5.41) is 0. The van der Waals surface area contributed by atoms with E-state index in [0.717, 1.165) is 25.9 Å². The van der Waals surface area contributed by atoms with Gasteiger partial charge in [-0.1, -0.05) is 26.0 Å². The van der Waals surface area contributed by atoms with E-state index in [9.17, 15) is 8.42 Å². The van der Waals surface area contributed by atoms with E-state index in [-0.39, 0.29) is 0 Å². The molecule has 0 spiro atoms. The summed E-state index contributed by atoms with van der Waals surface area (Å²) >= 11 is 0. The smallest absolute Gasteiger partial charge is 0.243 e. The molecule has 0 bridgehead atoms. The highest BCUT2D eigenvalue weighted by Crippen LogP contribution is 2.27. The second kappa shape index (κ2) is 6.30. The predicted octanol–water partition coefficient (Wildman–Crippen LogP) is 2.67. The summed E-state index contributed by atoms with van der Waals surface area (Å²) < 4.78 is 27.3. The molecule has 22 heavy (non-hydrogen) atoms. The highest BCUT2D eigenvalue weighted by atomic mass is 32.2. The molecule has 1 aromatic carbocycles. The molecule has 2 atom stereocenters. The Hall–Kier alpha value is -0.910. The summed E-state index contributed by atoms with van der Waals surface area (Å²) in [6, 6.07) is 7.90. The van der Waals surface area contributed by atoms with Crippen LogP contribution in [-0.4, -0.2) is 49.8 Å². The quantitative estimate of drug-likeness (QED) is 0.856. The van der Waals surface area contributed by atoms with E-state index in [1.165, 1.54) is 12.0 Å². The molecule has 3 rings (SSSR count). The number of fused-ring (bicyclic) bond motifs is 1. The van der Waals surface area contributed by atoms with Gasteiger partial charge in [-0.3, -0.25) is 4.90 Å². The number of hydrogen-bond donors (Lipinski definition) is 0. The van der Waals surface area contributed by atoms with Crippen LogP contribution >= 0.6 is 0 Å². The third kappa shape index (κ3) is 2.94. The topological polar surface area (TPSA) is 40.6 Å². The van der Waals surface area contributed by atoms with E-state index >= 15 is 0 Å². The van der Waals surface area contributed by atoms with Crippen LogP contribution in [0.4, 0.5) is 0 Å². The van der Waals surface area contributed by atoms with Crippen LogP contribution in [0.3, 0.4) is 0 Å². The third-order valence-electron chi connectivity index (χ3n) is 5.25. The summed E-state index contributed by atoms with van der Waals surface area (Å²) in [7, 11) is -3.34. The Morgan fingerprint density at radius 1 is 1.18 bits per heavy atom. The zero-order valence-electron chi connectivity index (χ0n) is 13.5. The van der Waals surface area contributed by atoms with Gasteiger partial charge in [-0.15, -0.1) is 0 Å². The van der Waals surface area contributed by atoms with E-state index < -0.39 is 10.0 Å². The van der Waals surface area contributed by atoms with Crippen molar-refractivity contribution in [1.82, 2.24) is 9.21 Å². The summed E-state index contributed by atoms with van der Waals surface area (Å²) in [5.41, 5.74) is 1.21. The lowest BCUT2D eigenvalue weighted by Crippen LogP contribution is -2.51. The average molecular weight is 322 g/mol. The third-order valence-corrected chi connectivity index (χ3v) is 7.13. The minimum Gasteiger partial charge on any atom is -0.298 e. The van der Waals surface area contributed by atoms with Gasteiger partial charge in [0.05, 0.1) is 4.90 Å². The molecule has 2 aliphatic rings. The first-order valence-corrected chi connectivity index (χ1v) is 9.80. The van der Waals surface area contributed by atoms with Crippen molar-refractivity contribution in [3.05, 3.63) is 29.8 Å². The number of sulfonamides is 1. The van der Waals surface area contributed by atoms with Crippen LogP contribution in [0.2, 0.25) is 0 Å². The van der Waals surface area contributed by atoms with E-state index in [4.69, 9.17) is 0 Å². The van der Waals surface area contributed by atoms with Crippen LogP contribution in [-0.2, 0) is 10.0 Å². The fourth-order valence-electron chi connectivity index (χ4n) is 3.53. The Balaban J connectivity index is 1.77. The largest absolute Gasteiger partial charge is 0.298 e. The fraction of sp³-hybridized carbons (Fsp3) is 0.647. The lowest BCUT2D eigenvalue weighted by molar-refractivity contribution is 0.158. The summed E-state index contributed by atoms with van der Waals surface area (Å²) in [6.07, 6.45) is 3.39. The molecule has 1 aromatic rings. The molecule has 2 aliphatic heterocycles. The molecule has 0 unspecified atom stereocenters. The standard InChI is InChI=1S/C17H26N2O2S/c1-3-14(2)15-6-8-17(9-7-15)22(20,21)19-12-11-18-10-4-5-16(18)13-19/h6-9,14,16H,3-5,10-13H2,1-2H3/t14-,16+/m0/s1. The van der Waals surface area contributed by atoms with Gasteiger partial charge in [0.1, 0.15) is 0 Å². The summed E-state index contributed by atoms with van der Waals surface area (Å²) in [6.45, 7) is 7.58. The van der Waals surface area contributed by atoms with Gasteiger partial charge in [-0.2, -0.15) is 4.31 Å². The van der Waals surface area contributed by atoms with Crippen molar-refractivity contribution in [2.24, 2.45) is 0 Å². The van der Waals surface area contributed by atoms with Crippen molar-refractivity contribution in [1.29, 1.82) is 0 Å². The Morgan fingerprint density at radius 3 is 2.59 bits per heavy atom. The molecular formula is C17H26N2O2S. The molecule has 2 fully saturated rings. The number of benzene rings is 1. The number of nitrogens with zero attached hydrogens (tertiary/aromatic N) is 2. The second-order valence-electron chi connectivity index (χ2n) is 6.57. The lowest BCUT2D eigenvalue weighted by atomic mass is 9.99. The van der Waals surface area contributed by atoms with Gasteiger partial charge in [0.2, 0.25) is 10.0 Å². The average Bonchev–Trinajstić information content (AvgIpc) is 3.01. The van der Waals surface area contributed by atoms with Crippen LogP contribution in [0.5, 0.6) is 0 Å². The van der Waals surface area contributed by atoms with Gasteiger partial charge in [-0.05, 0) is 49.4 Å². The van der Waals surface area contributed by atoms with E-state index in [1.807, 2.05) is 12.1 Å². The lowest BCUT2D eigenvalue weighted by Gasteiger charge is -2.36.